The van der Waals surface area contributed by atoms with Crippen molar-refractivity contribution in [1.29, 1.82) is 0 Å². The van der Waals surface area contributed by atoms with Crippen LogP contribution in [-0.4, -0.2) is 48.2 Å². The first-order valence-corrected chi connectivity index (χ1v) is 6.90. The Balaban J connectivity index is 1.70. The minimum Gasteiger partial charge on any atom is -0.341 e. The Hall–Kier alpha value is -1.10. The first kappa shape index (κ1) is 13.3. The van der Waals surface area contributed by atoms with Gasteiger partial charge in [-0.25, -0.2) is 0 Å². The molecule has 0 aliphatic carbocycles. The molecule has 0 bridgehead atoms. The van der Waals surface area contributed by atoms with Gasteiger partial charge in [0.2, 0.25) is 11.8 Å². The summed E-state index contributed by atoms with van der Waals surface area (Å²) in [5.74, 6) is 0.348. The summed E-state index contributed by atoms with van der Waals surface area (Å²) in [5.41, 5.74) is 0. The standard InChI is InChI=1S/C13H22N2O3/c16-12-6-2-1-4-8-14(12)10-18-11-15-9-5-3-7-13(15)17/h1-11H2. The molecule has 18 heavy (non-hydrogen) atoms. The molecule has 0 N–H and O–H groups in total. The fourth-order valence-electron chi connectivity index (χ4n) is 2.43. The number of amides is 2. The predicted molar refractivity (Wildman–Crippen MR) is 66.6 cm³/mol. The minimum absolute atomic E-state index is 0.170. The summed E-state index contributed by atoms with van der Waals surface area (Å²) in [6.07, 6.45) is 6.46. The number of carbonyl (C=O) groups is 2. The van der Waals surface area contributed by atoms with Crippen LogP contribution in [0, 0.1) is 0 Å². The summed E-state index contributed by atoms with van der Waals surface area (Å²) in [5, 5.41) is 0. The molecule has 0 aromatic carbocycles. The SMILES string of the molecule is O=C1CCCCCN1COCN1CCCCC1=O. The Morgan fingerprint density at radius 3 is 1.89 bits per heavy atom. The molecule has 0 unspecified atom stereocenters. The van der Waals surface area contributed by atoms with E-state index < -0.39 is 0 Å². The third-order valence-electron chi connectivity index (χ3n) is 3.59. The van der Waals surface area contributed by atoms with Gasteiger partial charge in [-0.05, 0) is 25.7 Å². The molecular weight excluding hydrogens is 232 g/mol. The fraction of sp³-hybridized carbons (Fsp3) is 0.846. The van der Waals surface area contributed by atoms with Crippen LogP contribution in [0.2, 0.25) is 0 Å². The van der Waals surface area contributed by atoms with Crippen molar-refractivity contribution in [2.75, 3.05) is 26.6 Å². The molecule has 5 nitrogen and oxygen atoms in total. The lowest BCUT2D eigenvalue weighted by atomic mass is 10.1. The molecule has 2 heterocycles. The topological polar surface area (TPSA) is 49.9 Å². The Kier molecular flexibility index (Phi) is 4.99. The van der Waals surface area contributed by atoms with Crippen molar-refractivity contribution in [2.45, 2.75) is 44.9 Å². The zero-order valence-electron chi connectivity index (χ0n) is 10.9. The average Bonchev–Trinajstić information content (AvgIpc) is 2.57. The van der Waals surface area contributed by atoms with Crippen LogP contribution in [0.15, 0.2) is 0 Å². The van der Waals surface area contributed by atoms with Gasteiger partial charge < -0.3 is 14.5 Å². The smallest absolute Gasteiger partial charge is 0.224 e. The molecule has 2 amide bonds. The molecule has 0 radical (unpaired) electrons. The Labute approximate surface area is 108 Å². The van der Waals surface area contributed by atoms with Gasteiger partial charge in [0.25, 0.3) is 0 Å². The van der Waals surface area contributed by atoms with Crippen LogP contribution < -0.4 is 0 Å². The lowest BCUT2D eigenvalue weighted by Crippen LogP contribution is -2.39. The molecule has 102 valence electrons. The zero-order chi connectivity index (χ0) is 12.8. The van der Waals surface area contributed by atoms with Gasteiger partial charge in [-0.1, -0.05) is 6.42 Å². The maximum atomic E-state index is 11.7. The van der Waals surface area contributed by atoms with Gasteiger partial charge in [-0.2, -0.15) is 0 Å². The van der Waals surface area contributed by atoms with Crippen LogP contribution in [-0.2, 0) is 14.3 Å². The molecule has 2 aliphatic rings. The number of carbonyl (C=O) groups excluding carboxylic acids is 2. The van der Waals surface area contributed by atoms with Gasteiger partial charge in [-0.3, -0.25) is 9.59 Å². The van der Waals surface area contributed by atoms with Gasteiger partial charge in [0.1, 0.15) is 13.5 Å². The second-order valence-corrected chi connectivity index (χ2v) is 5.04. The normalized spacial score (nSPS) is 22.2. The quantitative estimate of drug-likeness (QED) is 0.760. The molecule has 0 saturated carbocycles. The summed E-state index contributed by atoms with van der Waals surface area (Å²) in [6.45, 7) is 2.21. The highest BCUT2D eigenvalue weighted by Crippen LogP contribution is 2.12. The molecule has 0 aromatic heterocycles. The summed E-state index contributed by atoms with van der Waals surface area (Å²) in [6, 6.07) is 0. The van der Waals surface area contributed by atoms with Crippen molar-refractivity contribution in [3.63, 3.8) is 0 Å². The summed E-state index contributed by atoms with van der Waals surface area (Å²) >= 11 is 0. The van der Waals surface area contributed by atoms with Gasteiger partial charge in [0.05, 0.1) is 0 Å². The second kappa shape index (κ2) is 6.73. The van der Waals surface area contributed by atoms with Gasteiger partial charge in [-0.15, -0.1) is 0 Å². The lowest BCUT2D eigenvalue weighted by Gasteiger charge is -2.28. The molecule has 2 aliphatic heterocycles. The van der Waals surface area contributed by atoms with Crippen molar-refractivity contribution in [1.82, 2.24) is 9.80 Å². The molecule has 0 atom stereocenters. The first-order valence-electron chi connectivity index (χ1n) is 6.90. The van der Waals surface area contributed by atoms with Crippen molar-refractivity contribution >= 4 is 11.8 Å². The number of rotatable bonds is 4. The van der Waals surface area contributed by atoms with E-state index in [0.717, 1.165) is 45.2 Å². The van der Waals surface area contributed by atoms with Crippen LogP contribution in [0.25, 0.3) is 0 Å². The number of likely N-dealkylation sites (tertiary alicyclic amines) is 2. The predicted octanol–water partition coefficient (Wildman–Crippen LogP) is 1.33. The Bertz CT molecular complexity index is 307. The van der Waals surface area contributed by atoms with Crippen LogP contribution in [0.1, 0.15) is 44.9 Å². The third-order valence-corrected chi connectivity index (χ3v) is 3.59. The van der Waals surface area contributed by atoms with Crippen molar-refractivity contribution in [3.05, 3.63) is 0 Å². The molecule has 2 fully saturated rings. The minimum atomic E-state index is 0.170. The average molecular weight is 254 g/mol. The maximum Gasteiger partial charge on any atom is 0.224 e. The Morgan fingerprint density at radius 2 is 1.28 bits per heavy atom. The number of ether oxygens (including phenoxy) is 1. The number of piperidine rings is 1. The molecule has 2 saturated heterocycles. The van der Waals surface area contributed by atoms with E-state index >= 15 is 0 Å². The van der Waals surface area contributed by atoms with Crippen LogP contribution >= 0.6 is 0 Å². The zero-order valence-corrected chi connectivity index (χ0v) is 10.9. The molecular formula is C13H22N2O3. The largest absolute Gasteiger partial charge is 0.341 e. The molecule has 0 spiro atoms. The number of hydrogen-bond donors (Lipinski definition) is 0. The van der Waals surface area contributed by atoms with Crippen molar-refractivity contribution < 1.29 is 14.3 Å². The van der Waals surface area contributed by atoms with E-state index in [-0.39, 0.29) is 11.8 Å². The summed E-state index contributed by atoms with van der Waals surface area (Å²) in [7, 11) is 0. The lowest BCUT2D eigenvalue weighted by molar-refractivity contribution is -0.145. The van der Waals surface area contributed by atoms with Gasteiger partial charge in [0.15, 0.2) is 0 Å². The van der Waals surface area contributed by atoms with Crippen molar-refractivity contribution in [3.8, 4) is 0 Å². The first-order chi connectivity index (χ1) is 8.77. The third kappa shape index (κ3) is 3.70. The maximum absolute atomic E-state index is 11.7. The van der Waals surface area contributed by atoms with E-state index in [0.29, 0.717) is 26.3 Å². The highest BCUT2D eigenvalue weighted by Gasteiger charge is 2.19. The van der Waals surface area contributed by atoms with E-state index in [4.69, 9.17) is 4.74 Å². The van der Waals surface area contributed by atoms with E-state index in [1.165, 1.54) is 0 Å². The van der Waals surface area contributed by atoms with E-state index in [9.17, 15) is 9.59 Å². The van der Waals surface area contributed by atoms with E-state index in [1.807, 2.05) is 0 Å². The van der Waals surface area contributed by atoms with Crippen LogP contribution in [0.4, 0.5) is 0 Å². The fourth-order valence-corrected chi connectivity index (χ4v) is 2.43. The second-order valence-electron chi connectivity index (χ2n) is 5.04. The monoisotopic (exact) mass is 254 g/mol. The van der Waals surface area contributed by atoms with Crippen LogP contribution in [0.3, 0.4) is 0 Å². The van der Waals surface area contributed by atoms with Gasteiger partial charge in [0, 0.05) is 25.9 Å². The van der Waals surface area contributed by atoms with E-state index in [2.05, 4.69) is 0 Å². The molecule has 0 aromatic rings. The van der Waals surface area contributed by atoms with Crippen LogP contribution in [0.5, 0.6) is 0 Å². The number of hydrogen-bond acceptors (Lipinski definition) is 3. The highest BCUT2D eigenvalue weighted by molar-refractivity contribution is 5.77. The molecule has 2 rings (SSSR count). The summed E-state index contributed by atoms with van der Waals surface area (Å²) < 4.78 is 5.52. The van der Waals surface area contributed by atoms with E-state index in [1.54, 1.807) is 9.80 Å². The van der Waals surface area contributed by atoms with Gasteiger partial charge >= 0.3 is 0 Å². The Morgan fingerprint density at radius 1 is 0.778 bits per heavy atom. The van der Waals surface area contributed by atoms with Crippen molar-refractivity contribution in [2.24, 2.45) is 0 Å². The highest BCUT2D eigenvalue weighted by atomic mass is 16.5. The molecule has 5 heteroatoms. The number of nitrogens with zero attached hydrogens (tertiary/aromatic N) is 2. The summed E-state index contributed by atoms with van der Waals surface area (Å²) in [4.78, 5) is 26.8.